The number of anilines is 1. The highest BCUT2D eigenvalue weighted by Gasteiger charge is 2.19. The number of amides is 1. The van der Waals surface area contributed by atoms with Crippen molar-refractivity contribution >= 4 is 21.6 Å². The Bertz CT molecular complexity index is 1130. The fourth-order valence-electron chi connectivity index (χ4n) is 3.09. The average molecular weight is 439 g/mol. The zero-order valence-corrected chi connectivity index (χ0v) is 18.4. The maximum absolute atomic E-state index is 12.9. The molecule has 7 heteroatoms. The lowest BCUT2D eigenvalue weighted by molar-refractivity contribution is 0.0954. The molecule has 2 N–H and O–H groups in total. The second-order valence-electron chi connectivity index (χ2n) is 7.03. The number of carbonyl (C=O) groups excluding carboxylic acids is 1. The standard InChI is InChI=1S/C24H26N2O4S/c1-3-30-22-13-11-21(12-14-22)26-31(28,29)23-17-20(10-9-18(23)2)24(27)25-16-15-19-7-5-4-6-8-19/h4-14,17,26H,3,15-16H2,1-2H3,(H,25,27). The van der Waals surface area contributed by atoms with E-state index in [0.717, 1.165) is 5.56 Å². The number of aryl methyl sites for hydroxylation is 1. The molecule has 6 nitrogen and oxygen atoms in total. The number of ether oxygens (including phenoxy) is 1. The monoisotopic (exact) mass is 438 g/mol. The Kier molecular flexibility index (Phi) is 7.31. The van der Waals surface area contributed by atoms with Crippen molar-refractivity contribution in [2.24, 2.45) is 0 Å². The van der Waals surface area contributed by atoms with E-state index >= 15 is 0 Å². The topological polar surface area (TPSA) is 84.5 Å². The summed E-state index contributed by atoms with van der Waals surface area (Å²) < 4.78 is 33.8. The molecule has 0 spiro atoms. The van der Waals surface area contributed by atoms with Gasteiger partial charge in [0.25, 0.3) is 15.9 Å². The van der Waals surface area contributed by atoms with Crippen molar-refractivity contribution in [1.82, 2.24) is 5.32 Å². The number of nitrogens with one attached hydrogen (secondary N) is 2. The smallest absolute Gasteiger partial charge is 0.262 e. The molecule has 0 aliphatic carbocycles. The molecule has 0 unspecified atom stereocenters. The Morgan fingerprint density at radius 3 is 2.35 bits per heavy atom. The van der Waals surface area contributed by atoms with E-state index in [1.54, 1.807) is 43.3 Å². The number of hydrogen-bond acceptors (Lipinski definition) is 4. The van der Waals surface area contributed by atoms with Gasteiger partial charge in [-0.05, 0) is 67.8 Å². The first kappa shape index (κ1) is 22.4. The Morgan fingerprint density at radius 1 is 0.968 bits per heavy atom. The molecule has 0 saturated heterocycles. The van der Waals surface area contributed by atoms with E-state index in [1.807, 2.05) is 37.3 Å². The summed E-state index contributed by atoms with van der Waals surface area (Å²) in [5.41, 5.74) is 2.39. The van der Waals surface area contributed by atoms with Crippen LogP contribution < -0.4 is 14.8 Å². The lowest BCUT2D eigenvalue weighted by Crippen LogP contribution is -2.26. The van der Waals surface area contributed by atoms with Gasteiger partial charge in [0.15, 0.2) is 0 Å². The summed E-state index contributed by atoms with van der Waals surface area (Å²) in [5, 5.41) is 2.85. The van der Waals surface area contributed by atoms with Crippen LogP contribution in [-0.2, 0) is 16.4 Å². The SMILES string of the molecule is CCOc1ccc(NS(=O)(=O)c2cc(C(=O)NCCc3ccccc3)ccc2C)cc1. The van der Waals surface area contributed by atoms with Crippen LogP contribution in [-0.4, -0.2) is 27.5 Å². The van der Waals surface area contributed by atoms with E-state index in [1.165, 1.54) is 6.07 Å². The first-order chi connectivity index (χ1) is 14.9. The summed E-state index contributed by atoms with van der Waals surface area (Å²) >= 11 is 0. The molecule has 3 rings (SSSR count). The largest absolute Gasteiger partial charge is 0.494 e. The van der Waals surface area contributed by atoms with Crippen LogP contribution >= 0.6 is 0 Å². The molecule has 1 amide bonds. The molecule has 0 aromatic heterocycles. The third kappa shape index (κ3) is 6.08. The van der Waals surface area contributed by atoms with Crippen LogP contribution in [0.4, 0.5) is 5.69 Å². The highest BCUT2D eigenvalue weighted by Crippen LogP contribution is 2.22. The summed E-state index contributed by atoms with van der Waals surface area (Å²) in [5.74, 6) is 0.351. The zero-order chi connectivity index (χ0) is 22.3. The van der Waals surface area contributed by atoms with Crippen LogP contribution in [0.1, 0.15) is 28.4 Å². The molecule has 162 valence electrons. The number of carbonyl (C=O) groups is 1. The molecule has 0 saturated carbocycles. The fourth-order valence-corrected chi connectivity index (χ4v) is 4.42. The third-order valence-corrected chi connectivity index (χ3v) is 6.22. The summed E-state index contributed by atoms with van der Waals surface area (Å²) in [7, 11) is -3.86. The summed E-state index contributed by atoms with van der Waals surface area (Å²) in [6, 6.07) is 21.2. The van der Waals surface area contributed by atoms with E-state index in [0.29, 0.717) is 42.1 Å². The van der Waals surface area contributed by atoms with Gasteiger partial charge in [-0.3, -0.25) is 9.52 Å². The number of rotatable bonds is 9. The van der Waals surface area contributed by atoms with Crippen LogP contribution in [0.3, 0.4) is 0 Å². The quantitative estimate of drug-likeness (QED) is 0.525. The molecule has 0 atom stereocenters. The van der Waals surface area contributed by atoms with Gasteiger partial charge in [0, 0.05) is 17.8 Å². The normalized spacial score (nSPS) is 11.0. The molecular weight excluding hydrogens is 412 g/mol. The average Bonchev–Trinajstić information content (AvgIpc) is 2.76. The van der Waals surface area contributed by atoms with Crippen LogP contribution in [0.15, 0.2) is 77.7 Å². The highest BCUT2D eigenvalue weighted by atomic mass is 32.2. The summed E-state index contributed by atoms with van der Waals surface area (Å²) in [4.78, 5) is 12.6. The minimum Gasteiger partial charge on any atom is -0.494 e. The molecule has 3 aromatic carbocycles. The van der Waals surface area contributed by atoms with E-state index in [-0.39, 0.29) is 10.8 Å². The first-order valence-electron chi connectivity index (χ1n) is 10.1. The van der Waals surface area contributed by atoms with Gasteiger partial charge < -0.3 is 10.1 Å². The van der Waals surface area contributed by atoms with Crippen LogP contribution in [0, 0.1) is 6.92 Å². The first-order valence-corrected chi connectivity index (χ1v) is 11.6. The van der Waals surface area contributed by atoms with Crippen molar-refractivity contribution in [3.05, 3.63) is 89.5 Å². The predicted molar refractivity (Wildman–Crippen MR) is 122 cm³/mol. The van der Waals surface area contributed by atoms with Gasteiger partial charge in [-0.25, -0.2) is 8.42 Å². The lowest BCUT2D eigenvalue weighted by Gasteiger charge is -2.13. The van der Waals surface area contributed by atoms with Gasteiger partial charge in [0.2, 0.25) is 0 Å². The predicted octanol–water partition coefficient (Wildman–Crippen LogP) is 4.17. The molecule has 31 heavy (non-hydrogen) atoms. The minimum absolute atomic E-state index is 0.0668. The molecule has 0 bridgehead atoms. The van der Waals surface area contributed by atoms with E-state index in [4.69, 9.17) is 4.74 Å². The van der Waals surface area contributed by atoms with Crippen molar-refractivity contribution in [2.45, 2.75) is 25.2 Å². The highest BCUT2D eigenvalue weighted by molar-refractivity contribution is 7.92. The van der Waals surface area contributed by atoms with Gasteiger partial charge in [-0.2, -0.15) is 0 Å². The Labute approximate surface area is 183 Å². The number of hydrogen-bond donors (Lipinski definition) is 2. The van der Waals surface area contributed by atoms with Crippen LogP contribution in [0.2, 0.25) is 0 Å². The summed E-state index contributed by atoms with van der Waals surface area (Å²) in [6.07, 6.45) is 0.697. The Morgan fingerprint density at radius 2 is 1.68 bits per heavy atom. The van der Waals surface area contributed by atoms with Gasteiger partial charge in [-0.15, -0.1) is 0 Å². The van der Waals surface area contributed by atoms with E-state index in [9.17, 15) is 13.2 Å². The van der Waals surface area contributed by atoms with Crippen LogP contribution in [0.25, 0.3) is 0 Å². The fraction of sp³-hybridized carbons (Fsp3) is 0.208. The molecule has 0 aliphatic heterocycles. The molecule has 0 aliphatic rings. The Hall–Kier alpha value is -3.32. The molecule has 0 heterocycles. The van der Waals surface area contributed by atoms with Gasteiger partial charge >= 0.3 is 0 Å². The molecule has 3 aromatic rings. The van der Waals surface area contributed by atoms with Crippen molar-refractivity contribution in [2.75, 3.05) is 17.9 Å². The van der Waals surface area contributed by atoms with Gasteiger partial charge in [-0.1, -0.05) is 36.4 Å². The minimum atomic E-state index is -3.86. The van der Waals surface area contributed by atoms with Crippen molar-refractivity contribution in [1.29, 1.82) is 0 Å². The van der Waals surface area contributed by atoms with Gasteiger partial charge in [0.1, 0.15) is 5.75 Å². The summed E-state index contributed by atoms with van der Waals surface area (Å²) in [6.45, 7) is 4.57. The maximum Gasteiger partial charge on any atom is 0.262 e. The van der Waals surface area contributed by atoms with Gasteiger partial charge in [0.05, 0.1) is 11.5 Å². The van der Waals surface area contributed by atoms with Crippen LogP contribution in [0.5, 0.6) is 5.75 Å². The second kappa shape index (κ2) is 10.1. The Balaban J connectivity index is 1.70. The molecule has 0 radical (unpaired) electrons. The van der Waals surface area contributed by atoms with Crippen molar-refractivity contribution < 1.29 is 17.9 Å². The number of sulfonamides is 1. The van der Waals surface area contributed by atoms with Crippen molar-refractivity contribution in [3.8, 4) is 5.75 Å². The lowest BCUT2D eigenvalue weighted by atomic mass is 10.1. The number of benzene rings is 3. The third-order valence-electron chi connectivity index (χ3n) is 4.70. The molecular formula is C24H26N2O4S. The van der Waals surface area contributed by atoms with E-state index in [2.05, 4.69) is 10.0 Å². The maximum atomic E-state index is 12.9. The second-order valence-corrected chi connectivity index (χ2v) is 8.69. The van der Waals surface area contributed by atoms with E-state index < -0.39 is 10.0 Å². The molecule has 0 fully saturated rings. The van der Waals surface area contributed by atoms with Crippen molar-refractivity contribution in [3.63, 3.8) is 0 Å². The zero-order valence-electron chi connectivity index (χ0n) is 17.6.